The minimum Gasteiger partial charge on any atom is -0.325 e. The van der Waals surface area contributed by atoms with Gasteiger partial charge in [0.05, 0.1) is 17.0 Å². The molecule has 2 aliphatic rings. The van der Waals surface area contributed by atoms with Gasteiger partial charge >= 0.3 is 0 Å². The lowest BCUT2D eigenvalue weighted by atomic mass is 10.1. The van der Waals surface area contributed by atoms with Crippen LogP contribution >= 0.6 is 12.4 Å². The molecule has 4 nitrogen and oxygen atoms in total. The van der Waals surface area contributed by atoms with Crippen LogP contribution in [0.4, 0.5) is 5.69 Å². The van der Waals surface area contributed by atoms with Gasteiger partial charge in [0.1, 0.15) is 0 Å². The molecule has 120 valence electrons. The van der Waals surface area contributed by atoms with Gasteiger partial charge in [0.15, 0.2) is 0 Å². The van der Waals surface area contributed by atoms with E-state index in [0.29, 0.717) is 12.5 Å². The molecule has 1 aromatic heterocycles. The van der Waals surface area contributed by atoms with E-state index in [4.69, 9.17) is 5.73 Å². The van der Waals surface area contributed by atoms with Crippen LogP contribution in [0, 0.1) is 0 Å². The first-order valence-corrected chi connectivity index (χ1v) is 7.87. The van der Waals surface area contributed by atoms with E-state index in [2.05, 4.69) is 11.1 Å². The highest BCUT2D eigenvalue weighted by Gasteiger charge is 2.33. The summed E-state index contributed by atoms with van der Waals surface area (Å²) in [6, 6.07) is 11.9. The third-order valence-electron chi connectivity index (χ3n) is 4.52. The Kier molecular flexibility index (Phi) is 4.37. The number of fused-ring (bicyclic) bond motifs is 1. The number of para-hydroxylation sites is 1. The molecule has 2 N–H and O–H groups in total. The van der Waals surface area contributed by atoms with E-state index < -0.39 is 0 Å². The van der Waals surface area contributed by atoms with Crippen molar-refractivity contribution in [1.29, 1.82) is 0 Å². The van der Waals surface area contributed by atoms with Gasteiger partial charge in [-0.1, -0.05) is 18.2 Å². The molecule has 1 saturated carbocycles. The maximum Gasteiger partial charge on any atom is 0.260 e. The largest absolute Gasteiger partial charge is 0.325 e. The first-order chi connectivity index (χ1) is 10.8. The molecule has 1 fully saturated rings. The number of hydrogen-bond acceptors (Lipinski definition) is 3. The van der Waals surface area contributed by atoms with E-state index in [1.54, 1.807) is 0 Å². The first-order valence-electron chi connectivity index (χ1n) is 7.87. The lowest BCUT2D eigenvalue weighted by Crippen LogP contribution is -2.30. The SMILES string of the molecule is Cl.NCc1ccc(C(=O)N2CCc3ccccc32)c(C2CC2)n1. The second-order valence-electron chi connectivity index (χ2n) is 6.05. The minimum atomic E-state index is 0. The van der Waals surface area contributed by atoms with E-state index in [-0.39, 0.29) is 18.3 Å². The van der Waals surface area contributed by atoms with Crippen molar-refractivity contribution in [2.45, 2.75) is 31.7 Å². The van der Waals surface area contributed by atoms with Gasteiger partial charge in [-0.05, 0) is 43.0 Å². The Labute approximate surface area is 142 Å². The molecule has 0 bridgehead atoms. The number of anilines is 1. The van der Waals surface area contributed by atoms with Crippen LogP contribution in [0.3, 0.4) is 0 Å². The van der Waals surface area contributed by atoms with E-state index in [1.807, 2.05) is 35.2 Å². The number of carbonyl (C=O) groups is 1. The lowest BCUT2D eigenvalue weighted by molar-refractivity contribution is 0.0988. The van der Waals surface area contributed by atoms with Crippen molar-refractivity contribution in [3.8, 4) is 0 Å². The fraction of sp³-hybridized carbons (Fsp3) is 0.333. The summed E-state index contributed by atoms with van der Waals surface area (Å²) in [5, 5.41) is 0. The maximum atomic E-state index is 13.0. The number of hydrogen-bond donors (Lipinski definition) is 1. The van der Waals surface area contributed by atoms with Crippen LogP contribution in [0.15, 0.2) is 36.4 Å². The van der Waals surface area contributed by atoms with Crippen molar-refractivity contribution in [3.05, 3.63) is 58.9 Å². The molecule has 0 unspecified atom stereocenters. The number of benzene rings is 1. The van der Waals surface area contributed by atoms with E-state index in [1.165, 1.54) is 5.56 Å². The summed E-state index contributed by atoms with van der Waals surface area (Å²) in [4.78, 5) is 19.5. The summed E-state index contributed by atoms with van der Waals surface area (Å²) in [5.41, 5.74) is 10.5. The summed E-state index contributed by atoms with van der Waals surface area (Å²) >= 11 is 0. The van der Waals surface area contributed by atoms with Crippen LogP contribution < -0.4 is 10.6 Å². The van der Waals surface area contributed by atoms with Crippen LogP contribution in [-0.2, 0) is 13.0 Å². The fourth-order valence-corrected chi connectivity index (χ4v) is 3.17. The third-order valence-corrected chi connectivity index (χ3v) is 4.52. The average molecular weight is 330 g/mol. The van der Waals surface area contributed by atoms with Crippen molar-refractivity contribution >= 4 is 24.0 Å². The molecule has 2 heterocycles. The van der Waals surface area contributed by atoms with Crippen LogP contribution in [-0.4, -0.2) is 17.4 Å². The zero-order valence-corrected chi connectivity index (χ0v) is 13.7. The molecular formula is C18H20ClN3O. The van der Waals surface area contributed by atoms with Gasteiger partial charge in [-0.25, -0.2) is 0 Å². The van der Waals surface area contributed by atoms with E-state index >= 15 is 0 Å². The second-order valence-corrected chi connectivity index (χ2v) is 6.05. The van der Waals surface area contributed by atoms with Crippen LogP contribution in [0.5, 0.6) is 0 Å². The summed E-state index contributed by atoms with van der Waals surface area (Å²) in [6.07, 6.45) is 3.17. The van der Waals surface area contributed by atoms with Crippen LogP contribution in [0.2, 0.25) is 0 Å². The van der Waals surface area contributed by atoms with Gasteiger partial charge in [0, 0.05) is 24.7 Å². The lowest BCUT2D eigenvalue weighted by Gasteiger charge is -2.19. The Morgan fingerprint density at radius 1 is 1.22 bits per heavy atom. The Balaban J connectivity index is 0.00000156. The van der Waals surface area contributed by atoms with E-state index in [0.717, 1.165) is 48.4 Å². The molecule has 4 rings (SSSR count). The average Bonchev–Trinajstić information content (AvgIpc) is 3.33. The number of aromatic nitrogens is 1. The molecule has 0 spiro atoms. The summed E-state index contributed by atoms with van der Waals surface area (Å²) in [7, 11) is 0. The van der Waals surface area contributed by atoms with Gasteiger partial charge in [-0.2, -0.15) is 0 Å². The summed E-state index contributed by atoms with van der Waals surface area (Å²) in [6.45, 7) is 1.17. The van der Waals surface area contributed by atoms with Gasteiger partial charge in [-0.3, -0.25) is 9.78 Å². The van der Waals surface area contributed by atoms with Crippen LogP contribution in [0.25, 0.3) is 0 Å². The molecule has 0 saturated heterocycles. The number of rotatable bonds is 3. The van der Waals surface area contributed by atoms with Crippen molar-refractivity contribution in [1.82, 2.24) is 4.98 Å². The van der Waals surface area contributed by atoms with Gasteiger partial charge < -0.3 is 10.6 Å². The normalized spacial score (nSPS) is 16.0. The predicted molar refractivity (Wildman–Crippen MR) is 93.2 cm³/mol. The molecule has 2 aromatic rings. The monoisotopic (exact) mass is 329 g/mol. The zero-order valence-electron chi connectivity index (χ0n) is 12.9. The topological polar surface area (TPSA) is 59.2 Å². The molecule has 23 heavy (non-hydrogen) atoms. The molecule has 1 aromatic carbocycles. The third kappa shape index (κ3) is 2.84. The Morgan fingerprint density at radius 2 is 2.00 bits per heavy atom. The highest BCUT2D eigenvalue weighted by Crippen LogP contribution is 2.41. The molecule has 1 aliphatic heterocycles. The standard InChI is InChI=1S/C18H19N3O.ClH/c19-11-14-7-8-15(17(20-14)13-5-6-13)18(22)21-10-9-12-3-1-2-4-16(12)21;/h1-4,7-8,13H,5-6,9-11,19H2;1H. The quantitative estimate of drug-likeness (QED) is 0.941. The highest BCUT2D eigenvalue weighted by molar-refractivity contribution is 6.08. The van der Waals surface area contributed by atoms with Crippen molar-refractivity contribution in [2.75, 3.05) is 11.4 Å². The molecule has 1 aliphatic carbocycles. The molecule has 0 atom stereocenters. The molecule has 0 radical (unpaired) electrons. The van der Waals surface area contributed by atoms with Crippen molar-refractivity contribution < 1.29 is 4.79 Å². The number of nitrogens with two attached hydrogens (primary N) is 1. The smallest absolute Gasteiger partial charge is 0.260 e. The van der Waals surface area contributed by atoms with Gasteiger partial charge in [0.2, 0.25) is 0 Å². The maximum absolute atomic E-state index is 13.0. The van der Waals surface area contributed by atoms with Gasteiger partial charge in [0.25, 0.3) is 5.91 Å². The highest BCUT2D eigenvalue weighted by atomic mass is 35.5. The second kappa shape index (κ2) is 6.30. The van der Waals surface area contributed by atoms with Crippen molar-refractivity contribution in [3.63, 3.8) is 0 Å². The fourth-order valence-electron chi connectivity index (χ4n) is 3.17. The van der Waals surface area contributed by atoms with Gasteiger partial charge in [-0.15, -0.1) is 12.4 Å². The number of nitrogens with zero attached hydrogens (tertiary/aromatic N) is 2. The number of carbonyl (C=O) groups excluding carboxylic acids is 1. The first kappa shape index (κ1) is 16.0. The number of halogens is 1. The Bertz CT molecular complexity index is 743. The van der Waals surface area contributed by atoms with Crippen LogP contribution in [0.1, 0.15) is 46.1 Å². The molecular weight excluding hydrogens is 310 g/mol. The summed E-state index contributed by atoms with van der Waals surface area (Å²) < 4.78 is 0. The Hall–Kier alpha value is -1.91. The molecule has 1 amide bonds. The molecule has 5 heteroatoms. The van der Waals surface area contributed by atoms with E-state index in [9.17, 15) is 4.79 Å². The number of pyridine rings is 1. The predicted octanol–water partition coefficient (Wildman–Crippen LogP) is 3.04. The van der Waals surface area contributed by atoms with Crippen molar-refractivity contribution in [2.24, 2.45) is 5.73 Å². The summed E-state index contributed by atoms with van der Waals surface area (Å²) in [5.74, 6) is 0.506. The number of amides is 1. The minimum absolute atomic E-state index is 0. The Morgan fingerprint density at radius 3 is 2.74 bits per heavy atom. The zero-order chi connectivity index (χ0) is 15.1.